The fourth-order valence-corrected chi connectivity index (χ4v) is 1.63. The first-order valence-corrected chi connectivity index (χ1v) is 5.49. The van der Waals surface area contributed by atoms with Crippen LogP contribution in [0, 0.1) is 0 Å². The molecular weight excluding hydrogens is 269 g/mol. The molecule has 0 saturated carbocycles. The third-order valence-electron chi connectivity index (χ3n) is 2.32. The minimum absolute atomic E-state index is 0.0828. The number of hydrogen-bond acceptors (Lipinski definition) is 2. The fourth-order valence-electron chi connectivity index (χ4n) is 1.41. The molecule has 1 rings (SSSR count). The van der Waals surface area contributed by atoms with Gasteiger partial charge in [-0.1, -0.05) is 17.7 Å². The first kappa shape index (κ1) is 14.6. The Morgan fingerprint density at radius 3 is 2.50 bits per heavy atom. The summed E-state index contributed by atoms with van der Waals surface area (Å²) in [7, 11) is 1.40. The smallest absolute Gasteiger partial charge is 0.372 e. The topological polar surface area (TPSA) is 41.1 Å². The molecule has 1 atom stereocenters. The van der Waals surface area contributed by atoms with Gasteiger partial charge in [0.25, 0.3) is 0 Å². The highest BCUT2D eigenvalue weighted by Crippen LogP contribution is 2.38. The van der Waals surface area contributed by atoms with Gasteiger partial charge in [0.1, 0.15) is 6.04 Å². The minimum Gasteiger partial charge on any atom is -0.372 e. The van der Waals surface area contributed by atoms with Crippen LogP contribution in [0.2, 0.25) is 5.02 Å². The van der Waals surface area contributed by atoms with Crippen LogP contribution in [0.1, 0.15) is 12.5 Å². The van der Waals surface area contributed by atoms with Crippen molar-refractivity contribution >= 4 is 23.2 Å². The largest absolute Gasteiger partial charge is 0.418 e. The predicted octanol–water partition coefficient (Wildman–Crippen LogP) is 2.91. The summed E-state index contributed by atoms with van der Waals surface area (Å²) >= 11 is 5.73. The Balaban J connectivity index is 3.12. The molecule has 1 unspecified atom stereocenters. The Kier molecular flexibility index (Phi) is 4.45. The van der Waals surface area contributed by atoms with Crippen molar-refractivity contribution in [2.45, 2.75) is 19.1 Å². The van der Waals surface area contributed by atoms with Crippen molar-refractivity contribution in [1.82, 2.24) is 5.32 Å². The van der Waals surface area contributed by atoms with Crippen molar-refractivity contribution in [2.75, 3.05) is 12.4 Å². The number of likely N-dealkylation sites (N-methyl/N-ethyl adjacent to an activating group) is 1. The maximum absolute atomic E-state index is 12.8. The molecule has 2 N–H and O–H groups in total. The standard InChI is InChI=1S/C11H12ClF3N2O/c1-6(10(18)16-2)17-9-7(11(13,14)15)4-3-5-8(9)12/h3-6,17H,1-2H3,(H,16,18). The van der Waals surface area contributed by atoms with Gasteiger partial charge in [-0.3, -0.25) is 4.79 Å². The molecule has 0 heterocycles. The number of para-hydroxylation sites is 1. The van der Waals surface area contributed by atoms with Crippen LogP contribution >= 0.6 is 11.6 Å². The van der Waals surface area contributed by atoms with Crippen LogP contribution in [0.4, 0.5) is 18.9 Å². The lowest BCUT2D eigenvalue weighted by Gasteiger charge is -2.19. The van der Waals surface area contributed by atoms with E-state index in [1.807, 2.05) is 0 Å². The quantitative estimate of drug-likeness (QED) is 0.894. The number of alkyl halides is 3. The van der Waals surface area contributed by atoms with E-state index in [-0.39, 0.29) is 10.7 Å². The van der Waals surface area contributed by atoms with Crippen LogP contribution in [0.5, 0.6) is 0 Å². The summed E-state index contributed by atoms with van der Waals surface area (Å²) in [5, 5.41) is 4.73. The van der Waals surface area contributed by atoms with Gasteiger partial charge in [0.15, 0.2) is 0 Å². The van der Waals surface area contributed by atoms with E-state index in [2.05, 4.69) is 10.6 Å². The van der Waals surface area contributed by atoms with E-state index in [0.29, 0.717) is 0 Å². The number of rotatable bonds is 3. The first-order chi connectivity index (χ1) is 8.27. The molecule has 0 saturated heterocycles. The summed E-state index contributed by atoms with van der Waals surface area (Å²) in [6.45, 7) is 1.45. The molecule has 0 bridgehead atoms. The second-order valence-corrected chi connectivity index (χ2v) is 4.05. The number of amides is 1. The zero-order chi connectivity index (χ0) is 13.9. The Morgan fingerprint density at radius 1 is 1.39 bits per heavy atom. The van der Waals surface area contributed by atoms with E-state index >= 15 is 0 Å². The van der Waals surface area contributed by atoms with Gasteiger partial charge in [-0.15, -0.1) is 0 Å². The van der Waals surface area contributed by atoms with Crippen molar-refractivity contribution in [2.24, 2.45) is 0 Å². The van der Waals surface area contributed by atoms with Gasteiger partial charge in [-0.25, -0.2) is 0 Å². The third kappa shape index (κ3) is 3.29. The number of anilines is 1. The first-order valence-electron chi connectivity index (χ1n) is 5.11. The zero-order valence-electron chi connectivity index (χ0n) is 9.73. The molecule has 7 heteroatoms. The predicted molar refractivity (Wildman–Crippen MR) is 63.6 cm³/mol. The minimum atomic E-state index is -4.53. The molecule has 3 nitrogen and oxygen atoms in total. The van der Waals surface area contributed by atoms with Crippen LogP contribution < -0.4 is 10.6 Å². The Hall–Kier alpha value is -1.43. The summed E-state index contributed by atoms with van der Waals surface area (Å²) in [5.41, 5.74) is -1.19. The number of nitrogens with one attached hydrogen (secondary N) is 2. The van der Waals surface area contributed by atoms with E-state index in [0.717, 1.165) is 6.07 Å². The zero-order valence-corrected chi connectivity index (χ0v) is 10.5. The monoisotopic (exact) mass is 280 g/mol. The maximum Gasteiger partial charge on any atom is 0.418 e. The second kappa shape index (κ2) is 5.48. The molecule has 100 valence electrons. The Bertz CT molecular complexity index is 448. The molecule has 0 aliphatic rings. The molecule has 0 aromatic heterocycles. The van der Waals surface area contributed by atoms with Gasteiger partial charge in [0.2, 0.25) is 5.91 Å². The van der Waals surface area contributed by atoms with E-state index in [9.17, 15) is 18.0 Å². The lowest BCUT2D eigenvalue weighted by atomic mass is 10.1. The van der Waals surface area contributed by atoms with Crippen molar-refractivity contribution in [3.63, 3.8) is 0 Å². The van der Waals surface area contributed by atoms with Crippen molar-refractivity contribution in [3.8, 4) is 0 Å². The van der Waals surface area contributed by atoms with E-state index in [1.54, 1.807) is 0 Å². The number of halogens is 4. The van der Waals surface area contributed by atoms with Crippen molar-refractivity contribution in [3.05, 3.63) is 28.8 Å². The average Bonchev–Trinajstić information content (AvgIpc) is 2.29. The van der Waals surface area contributed by atoms with Gasteiger partial charge < -0.3 is 10.6 Å². The van der Waals surface area contributed by atoms with Crippen LogP contribution in [0.15, 0.2) is 18.2 Å². The molecule has 0 radical (unpaired) electrons. The molecule has 0 aliphatic carbocycles. The van der Waals surface area contributed by atoms with Gasteiger partial charge in [-0.2, -0.15) is 13.2 Å². The lowest BCUT2D eigenvalue weighted by Crippen LogP contribution is -2.35. The molecule has 0 spiro atoms. The van der Waals surface area contributed by atoms with Crippen LogP contribution in [0.25, 0.3) is 0 Å². The maximum atomic E-state index is 12.8. The molecule has 1 aromatic carbocycles. The van der Waals surface area contributed by atoms with E-state index in [4.69, 9.17) is 11.6 Å². The normalized spacial score (nSPS) is 13.0. The van der Waals surface area contributed by atoms with E-state index < -0.39 is 23.7 Å². The lowest BCUT2D eigenvalue weighted by molar-refractivity contribution is -0.137. The van der Waals surface area contributed by atoms with Crippen molar-refractivity contribution in [1.29, 1.82) is 0 Å². The number of carbonyl (C=O) groups is 1. The summed E-state index contributed by atoms with van der Waals surface area (Å²) in [6.07, 6.45) is -4.53. The Labute approximate surface area is 107 Å². The molecule has 1 aromatic rings. The number of carbonyl (C=O) groups excluding carboxylic acids is 1. The highest BCUT2D eigenvalue weighted by molar-refractivity contribution is 6.33. The highest BCUT2D eigenvalue weighted by Gasteiger charge is 2.34. The third-order valence-corrected chi connectivity index (χ3v) is 2.63. The summed E-state index contributed by atoms with van der Waals surface area (Å²) in [5.74, 6) is -0.428. The SMILES string of the molecule is CNC(=O)C(C)Nc1c(Cl)cccc1C(F)(F)F. The molecule has 1 amide bonds. The molecule has 18 heavy (non-hydrogen) atoms. The molecule has 0 fully saturated rings. The van der Waals surface area contributed by atoms with Gasteiger partial charge in [-0.05, 0) is 19.1 Å². The van der Waals surface area contributed by atoms with Gasteiger partial charge in [0.05, 0.1) is 16.3 Å². The summed E-state index contributed by atoms with van der Waals surface area (Å²) < 4.78 is 38.3. The van der Waals surface area contributed by atoms with Gasteiger partial charge >= 0.3 is 6.18 Å². The van der Waals surface area contributed by atoms with Crippen molar-refractivity contribution < 1.29 is 18.0 Å². The summed E-state index contributed by atoms with van der Waals surface area (Å²) in [6, 6.07) is 2.62. The van der Waals surface area contributed by atoms with Gasteiger partial charge in [0, 0.05) is 7.05 Å². The number of hydrogen-bond donors (Lipinski definition) is 2. The Morgan fingerprint density at radius 2 is 2.00 bits per heavy atom. The fraction of sp³-hybridized carbons (Fsp3) is 0.364. The number of benzene rings is 1. The highest BCUT2D eigenvalue weighted by atomic mass is 35.5. The van der Waals surface area contributed by atoms with Crippen LogP contribution in [0.3, 0.4) is 0 Å². The van der Waals surface area contributed by atoms with Crippen LogP contribution in [-0.2, 0) is 11.0 Å². The molecular formula is C11H12ClF3N2O. The second-order valence-electron chi connectivity index (χ2n) is 3.64. The molecule has 0 aliphatic heterocycles. The summed E-state index contributed by atoms with van der Waals surface area (Å²) in [4.78, 5) is 11.3. The van der Waals surface area contributed by atoms with E-state index in [1.165, 1.54) is 26.1 Å². The van der Waals surface area contributed by atoms with Crippen LogP contribution in [-0.4, -0.2) is 19.0 Å². The average molecular weight is 281 g/mol.